The number of aliphatic hydroxyl groups excluding tert-OH is 1. The lowest BCUT2D eigenvalue weighted by Gasteiger charge is -2.28. The summed E-state index contributed by atoms with van der Waals surface area (Å²) < 4.78 is 14.4. The van der Waals surface area contributed by atoms with Crippen LogP contribution in [0.15, 0.2) is 85.2 Å². The van der Waals surface area contributed by atoms with Crippen molar-refractivity contribution in [3.05, 3.63) is 102 Å². The van der Waals surface area contributed by atoms with Crippen molar-refractivity contribution in [1.82, 2.24) is 25.6 Å². The number of fused-ring (bicyclic) bond motifs is 1. The number of nitrogens with one attached hydrogen (secondary N) is 2. The second-order valence-electron chi connectivity index (χ2n) is 10.8. The van der Waals surface area contributed by atoms with E-state index in [2.05, 4.69) is 25.6 Å². The summed E-state index contributed by atoms with van der Waals surface area (Å²) in [6.07, 6.45) is 2.68. The average Bonchev–Trinajstić information content (AvgIpc) is 2.97. The van der Waals surface area contributed by atoms with Gasteiger partial charge >= 0.3 is 0 Å². The molecule has 3 atom stereocenters. The number of para-hydroxylation sites is 2. The number of amides is 2. The molecule has 0 aliphatic heterocycles. The van der Waals surface area contributed by atoms with Crippen LogP contribution in [0, 0.1) is 5.92 Å². The number of carbonyl (C=O) groups is 2. The highest BCUT2D eigenvalue weighted by molar-refractivity contribution is 5.94. The van der Waals surface area contributed by atoms with Gasteiger partial charge in [-0.05, 0) is 69.4 Å². The van der Waals surface area contributed by atoms with Crippen LogP contribution in [-0.4, -0.2) is 49.7 Å². The van der Waals surface area contributed by atoms with Crippen molar-refractivity contribution in [2.24, 2.45) is 5.92 Å². The van der Waals surface area contributed by atoms with E-state index in [1.807, 2.05) is 54.6 Å². The minimum Gasteiger partial charge on any atom is -0.391 e. The fourth-order valence-electron chi connectivity index (χ4n) is 4.61. The Bertz CT molecular complexity index is 1430. The van der Waals surface area contributed by atoms with E-state index in [1.54, 1.807) is 24.4 Å². The Kier molecular flexibility index (Phi) is 10.1. The van der Waals surface area contributed by atoms with Gasteiger partial charge in [0, 0.05) is 12.1 Å². The van der Waals surface area contributed by atoms with Crippen LogP contribution in [0.2, 0.25) is 0 Å². The van der Waals surface area contributed by atoms with Crippen molar-refractivity contribution in [3.8, 4) is 0 Å². The maximum absolute atomic E-state index is 14.4. The van der Waals surface area contributed by atoms with Gasteiger partial charge in [-0.3, -0.25) is 19.6 Å². The van der Waals surface area contributed by atoms with Crippen LogP contribution in [0.3, 0.4) is 0 Å². The predicted octanol–water partition coefficient (Wildman–Crippen LogP) is 4.58. The van der Waals surface area contributed by atoms with Crippen molar-refractivity contribution >= 4 is 22.8 Å². The summed E-state index contributed by atoms with van der Waals surface area (Å²) in [5.74, 6) is -1.47. The highest BCUT2D eigenvalue weighted by atomic mass is 19.1. The minimum absolute atomic E-state index is 0.0330. The maximum Gasteiger partial charge on any atom is 0.271 e. The number of alkyl halides is 1. The normalized spacial score (nSPS) is 13.8. The zero-order valence-corrected chi connectivity index (χ0v) is 23.3. The third-order valence-electron chi connectivity index (χ3n) is 6.91. The fraction of sp³-hybridized carbons (Fsp3) is 0.344. The summed E-state index contributed by atoms with van der Waals surface area (Å²) in [5, 5.41) is 17.2. The Morgan fingerprint density at radius 3 is 2.37 bits per heavy atom. The van der Waals surface area contributed by atoms with Crippen molar-refractivity contribution in [2.45, 2.75) is 63.9 Å². The Balaban J connectivity index is 1.52. The molecule has 4 rings (SSSR count). The van der Waals surface area contributed by atoms with Gasteiger partial charge in [-0.25, -0.2) is 9.37 Å². The quantitative estimate of drug-likeness (QED) is 0.222. The van der Waals surface area contributed by atoms with E-state index < -0.39 is 29.6 Å². The summed E-state index contributed by atoms with van der Waals surface area (Å²) in [6.45, 7) is 3.15. The number of aliphatic hydroxyl groups is 1. The molecule has 0 aliphatic carbocycles. The molecule has 0 fully saturated rings. The first-order valence-electron chi connectivity index (χ1n) is 13.8. The van der Waals surface area contributed by atoms with Crippen molar-refractivity contribution < 1.29 is 19.1 Å². The third kappa shape index (κ3) is 9.14. The predicted molar refractivity (Wildman–Crippen MR) is 156 cm³/mol. The Morgan fingerprint density at radius 2 is 1.66 bits per heavy atom. The molecule has 0 saturated heterocycles. The monoisotopic (exact) mass is 557 g/mol. The van der Waals surface area contributed by atoms with Gasteiger partial charge in [-0.2, -0.15) is 0 Å². The van der Waals surface area contributed by atoms with Gasteiger partial charge in [0.15, 0.2) is 0 Å². The van der Waals surface area contributed by atoms with Gasteiger partial charge in [-0.15, -0.1) is 0 Å². The lowest BCUT2D eigenvalue weighted by atomic mass is 9.87. The van der Waals surface area contributed by atoms with Gasteiger partial charge in [0.05, 0.1) is 41.6 Å². The van der Waals surface area contributed by atoms with Gasteiger partial charge in [0.1, 0.15) is 11.4 Å². The van der Waals surface area contributed by atoms with Crippen LogP contribution >= 0.6 is 0 Å². The highest BCUT2D eigenvalue weighted by Gasteiger charge is 2.30. The first-order valence-corrected chi connectivity index (χ1v) is 13.8. The van der Waals surface area contributed by atoms with Crippen molar-refractivity contribution in [2.75, 3.05) is 0 Å². The fourth-order valence-corrected chi connectivity index (χ4v) is 4.61. The number of hydrogen-bond donors (Lipinski definition) is 3. The molecule has 0 unspecified atom stereocenters. The van der Waals surface area contributed by atoms with Crippen LogP contribution in [-0.2, 0) is 17.8 Å². The molecule has 3 N–H and O–H groups in total. The summed E-state index contributed by atoms with van der Waals surface area (Å²) >= 11 is 0. The molecule has 2 heterocycles. The smallest absolute Gasteiger partial charge is 0.271 e. The lowest BCUT2D eigenvalue weighted by molar-refractivity contribution is -0.126. The van der Waals surface area contributed by atoms with Crippen molar-refractivity contribution in [3.63, 3.8) is 0 Å². The number of hydrogen-bond acceptors (Lipinski definition) is 6. The Morgan fingerprint density at radius 1 is 0.951 bits per heavy atom. The number of nitrogens with zero attached hydrogens (tertiary/aromatic N) is 3. The summed E-state index contributed by atoms with van der Waals surface area (Å²) in [7, 11) is 0. The zero-order valence-electron chi connectivity index (χ0n) is 23.3. The molecule has 0 aliphatic rings. The summed E-state index contributed by atoms with van der Waals surface area (Å²) in [6, 6.07) is 21.4. The van der Waals surface area contributed by atoms with Gasteiger partial charge in [0.25, 0.3) is 5.91 Å². The zero-order chi connectivity index (χ0) is 29.2. The largest absolute Gasteiger partial charge is 0.391 e. The molecule has 8 nitrogen and oxygen atoms in total. The molecule has 0 bridgehead atoms. The lowest BCUT2D eigenvalue weighted by Crippen LogP contribution is -2.47. The highest BCUT2D eigenvalue weighted by Crippen LogP contribution is 2.24. The number of pyridine rings is 1. The second-order valence-corrected chi connectivity index (χ2v) is 10.8. The van der Waals surface area contributed by atoms with E-state index in [9.17, 15) is 19.1 Å². The number of carbonyl (C=O) groups excluding carboxylic acids is 2. The Labute approximate surface area is 239 Å². The number of aromatic nitrogens is 3. The van der Waals surface area contributed by atoms with E-state index in [1.165, 1.54) is 20.0 Å². The summed E-state index contributed by atoms with van der Waals surface area (Å²) in [5.41, 5.74) is 1.49. The molecular weight excluding hydrogens is 521 g/mol. The maximum atomic E-state index is 14.4. The first-order chi connectivity index (χ1) is 19.7. The molecule has 0 saturated carbocycles. The van der Waals surface area contributed by atoms with Gasteiger partial charge in [0.2, 0.25) is 5.91 Å². The molecule has 2 aromatic carbocycles. The molecule has 0 spiro atoms. The Hall–Kier alpha value is -4.24. The van der Waals surface area contributed by atoms with Crippen LogP contribution in [0.25, 0.3) is 11.0 Å². The third-order valence-corrected chi connectivity index (χ3v) is 6.91. The van der Waals surface area contributed by atoms with Crippen LogP contribution in [0.4, 0.5) is 4.39 Å². The van der Waals surface area contributed by atoms with Crippen LogP contribution in [0.1, 0.15) is 54.9 Å². The number of rotatable bonds is 13. The number of benzene rings is 2. The minimum atomic E-state index is -1.48. The molecule has 41 heavy (non-hydrogen) atoms. The molecule has 9 heteroatoms. The standard InChI is InChI=1S/C32H36FN5O3/c1-32(2,33)16-15-23(30(40)36-20-24-12-8-9-17-34-24)19-29(39)27(18-22-10-4-3-5-11-22)38-31(41)28-21-35-25-13-6-7-14-26(25)37-28/h3-14,17,21,23,27,29,39H,15-16,18-20H2,1-2H3,(H,36,40)(H,38,41)/t23-,27+,29+/m1/s1. The topological polar surface area (TPSA) is 117 Å². The molecule has 2 amide bonds. The van der Waals surface area contributed by atoms with E-state index in [-0.39, 0.29) is 37.4 Å². The van der Waals surface area contributed by atoms with E-state index in [0.717, 1.165) is 5.56 Å². The molecular formula is C32H36FN5O3. The van der Waals surface area contributed by atoms with E-state index in [0.29, 0.717) is 23.1 Å². The molecule has 214 valence electrons. The molecule has 0 radical (unpaired) electrons. The molecule has 2 aromatic heterocycles. The SMILES string of the molecule is CC(C)(F)CC[C@H](C[C@H](O)[C@H](Cc1ccccc1)NC(=O)c1cnc2ccccc2n1)C(=O)NCc1ccccn1. The van der Waals surface area contributed by atoms with E-state index >= 15 is 0 Å². The van der Waals surface area contributed by atoms with Gasteiger partial charge in [-0.1, -0.05) is 48.5 Å². The number of halogens is 1. The van der Waals surface area contributed by atoms with Crippen LogP contribution in [0.5, 0.6) is 0 Å². The van der Waals surface area contributed by atoms with E-state index in [4.69, 9.17) is 0 Å². The average molecular weight is 558 g/mol. The molecule has 4 aromatic rings. The van der Waals surface area contributed by atoms with Crippen LogP contribution < -0.4 is 10.6 Å². The first kappa shape index (κ1) is 29.7. The second kappa shape index (κ2) is 13.9. The van der Waals surface area contributed by atoms with Crippen molar-refractivity contribution in [1.29, 1.82) is 0 Å². The summed E-state index contributed by atoms with van der Waals surface area (Å²) in [4.78, 5) is 39.5. The van der Waals surface area contributed by atoms with Gasteiger partial charge < -0.3 is 15.7 Å².